The summed E-state index contributed by atoms with van der Waals surface area (Å²) in [5.74, 6) is 4.12. The molecule has 1 fully saturated rings. The van der Waals surface area contributed by atoms with E-state index in [0.29, 0.717) is 5.56 Å². The second-order valence-electron chi connectivity index (χ2n) is 3.88. The molecule has 1 aliphatic rings. The zero-order chi connectivity index (χ0) is 12.1. The summed E-state index contributed by atoms with van der Waals surface area (Å²) < 4.78 is 0. The summed E-state index contributed by atoms with van der Waals surface area (Å²) in [4.78, 5) is 13.3. The molecule has 1 amide bonds. The zero-order valence-corrected chi connectivity index (χ0v) is 11.2. The van der Waals surface area contributed by atoms with Gasteiger partial charge in [0.15, 0.2) is 0 Å². The zero-order valence-electron chi connectivity index (χ0n) is 9.59. The average molecular weight is 268 g/mol. The van der Waals surface area contributed by atoms with E-state index in [1.165, 1.54) is 17.9 Å². The van der Waals surface area contributed by atoms with Crippen molar-refractivity contribution >= 4 is 35.1 Å². The summed E-state index contributed by atoms with van der Waals surface area (Å²) in [6.07, 6.45) is 1.30. The van der Waals surface area contributed by atoms with Gasteiger partial charge in [-0.25, -0.2) is 0 Å². The van der Waals surface area contributed by atoms with Gasteiger partial charge in [-0.2, -0.15) is 0 Å². The lowest BCUT2D eigenvalue weighted by Crippen LogP contribution is -2.24. The van der Waals surface area contributed by atoms with Crippen molar-refractivity contribution in [1.82, 2.24) is 0 Å². The molecule has 0 unspecified atom stereocenters. The maximum Gasteiger partial charge on any atom is 0.248 e. The first-order chi connectivity index (χ1) is 8.27. The third kappa shape index (κ3) is 3.57. The van der Waals surface area contributed by atoms with E-state index < -0.39 is 0 Å². The van der Waals surface area contributed by atoms with Gasteiger partial charge in [-0.15, -0.1) is 23.5 Å². The fourth-order valence-corrected chi connectivity index (χ4v) is 3.81. The molecule has 0 aromatic heterocycles. The molecule has 2 N–H and O–H groups in total. The third-order valence-electron chi connectivity index (χ3n) is 2.59. The van der Waals surface area contributed by atoms with Crippen LogP contribution < -0.4 is 10.6 Å². The van der Waals surface area contributed by atoms with Gasteiger partial charge in [0.25, 0.3) is 0 Å². The van der Waals surface area contributed by atoms with Crippen LogP contribution in [0, 0.1) is 0 Å². The van der Waals surface area contributed by atoms with Crippen molar-refractivity contribution in [2.45, 2.75) is 6.42 Å². The molecule has 0 aliphatic carbocycles. The van der Waals surface area contributed by atoms with E-state index in [-0.39, 0.29) is 5.91 Å². The fourth-order valence-electron chi connectivity index (χ4n) is 1.64. The van der Waals surface area contributed by atoms with E-state index >= 15 is 0 Å². The van der Waals surface area contributed by atoms with Crippen LogP contribution in [0.5, 0.6) is 0 Å². The van der Waals surface area contributed by atoms with Gasteiger partial charge in [0.2, 0.25) is 5.91 Å². The maximum absolute atomic E-state index is 11.0. The standard InChI is InChI=1S/C12H16N2OS2/c13-12(15)10-2-4-11(5-3-10)14-8-16-6-1-7-17-9-14/h2-5H,1,6-9H2,(H2,13,15). The first-order valence-corrected chi connectivity index (χ1v) is 7.88. The molecule has 0 radical (unpaired) electrons. The Labute approximate surface area is 110 Å². The van der Waals surface area contributed by atoms with Crippen LogP contribution in [0.3, 0.4) is 0 Å². The van der Waals surface area contributed by atoms with Crippen molar-refractivity contribution in [2.75, 3.05) is 28.2 Å². The topological polar surface area (TPSA) is 46.3 Å². The number of nitrogens with two attached hydrogens (primary N) is 1. The van der Waals surface area contributed by atoms with Gasteiger partial charge in [0, 0.05) is 11.3 Å². The van der Waals surface area contributed by atoms with Gasteiger partial charge < -0.3 is 10.6 Å². The minimum Gasteiger partial charge on any atom is -0.366 e. The minimum absolute atomic E-state index is 0.368. The fraction of sp³-hybridized carbons (Fsp3) is 0.417. The van der Waals surface area contributed by atoms with Crippen molar-refractivity contribution < 1.29 is 4.79 Å². The number of benzene rings is 1. The van der Waals surface area contributed by atoms with E-state index in [0.717, 1.165) is 17.4 Å². The summed E-state index contributed by atoms with van der Waals surface area (Å²) in [7, 11) is 0. The number of carbonyl (C=O) groups excluding carboxylic acids is 1. The van der Waals surface area contributed by atoms with E-state index in [4.69, 9.17) is 5.73 Å². The predicted molar refractivity (Wildman–Crippen MR) is 76.7 cm³/mol. The number of thioether (sulfide) groups is 2. The molecule has 0 saturated carbocycles. The molecule has 17 heavy (non-hydrogen) atoms. The molecule has 1 saturated heterocycles. The van der Waals surface area contributed by atoms with Gasteiger partial charge in [-0.05, 0) is 42.2 Å². The van der Waals surface area contributed by atoms with E-state index in [1.54, 1.807) is 12.1 Å². The Hall–Kier alpha value is -0.810. The van der Waals surface area contributed by atoms with Gasteiger partial charge >= 0.3 is 0 Å². The van der Waals surface area contributed by atoms with Crippen molar-refractivity contribution in [3.05, 3.63) is 29.8 Å². The second-order valence-corrected chi connectivity index (χ2v) is 6.03. The highest BCUT2D eigenvalue weighted by Gasteiger charge is 2.10. The largest absolute Gasteiger partial charge is 0.366 e. The predicted octanol–water partition coefficient (Wildman–Crippen LogP) is 2.38. The molecule has 0 spiro atoms. The molecule has 92 valence electrons. The van der Waals surface area contributed by atoms with Crippen LogP contribution in [0.15, 0.2) is 24.3 Å². The number of primary amides is 1. The highest BCUT2D eigenvalue weighted by molar-refractivity contribution is 8.00. The van der Waals surface area contributed by atoms with Crippen LogP contribution in [0.4, 0.5) is 5.69 Å². The summed E-state index contributed by atoms with van der Waals surface area (Å²) in [6, 6.07) is 7.54. The highest BCUT2D eigenvalue weighted by Crippen LogP contribution is 2.23. The summed E-state index contributed by atoms with van der Waals surface area (Å²) >= 11 is 3.93. The van der Waals surface area contributed by atoms with Crippen LogP contribution in [0.1, 0.15) is 16.8 Å². The van der Waals surface area contributed by atoms with Crippen molar-refractivity contribution in [3.63, 3.8) is 0 Å². The minimum atomic E-state index is -0.368. The molecule has 1 aromatic rings. The molecule has 1 aliphatic heterocycles. The first kappa shape index (κ1) is 12.6. The molecular weight excluding hydrogens is 252 g/mol. The average Bonchev–Trinajstić information content (AvgIpc) is 2.29. The van der Waals surface area contributed by atoms with Gasteiger partial charge in [0.05, 0.1) is 11.8 Å². The van der Waals surface area contributed by atoms with Gasteiger partial charge in [0.1, 0.15) is 0 Å². The van der Waals surface area contributed by atoms with Crippen molar-refractivity contribution in [2.24, 2.45) is 5.73 Å². The smallest absolute Gasteiger partial charge is 0.248 e. The molecule has 1 aromatic carbocycles. The lowest BCUT2D eigenvalue weighted by Gasteiger charge is -2.26. The summed E-state index contributed by atoms with van der Waals surface area (Å²) in [5, 5.41) is 0. The number of hydrogen-bond donors (Lipinski definition) is 1. The number of carbonyl (C=O) groups is 1. The van der Waals surface area contributed by atoms with Gasteiger partial charge in [-0.1, -0.05) is 0 Å². The highest BCUT2D eigenvalue weighted by atomic mass is 32.2. The summed E-state index contributed by atoms with van der Waals surface area (Å²) in [5.41, 5.74) is 6.96. The second kappa shape index (κ2) is 6.21. The SMILES string of the molecule is NC(=O)c1ccc(N2CSCCCSC2)cc1. The van der Waals surface area contributed by atoms with E-state index in [9.17, 15) is 4.79 Å². The van der Waals surface area contributed by atoms with Crippen molar-refractivity contribution in [3.8, 4) is 0 Å². The van der Waals surface area contributed by atoms with Crippen molar-refractivity contribution in [1.29, 1.82) is 0 Å². The lowest BCUT2D eigenvalue weighted by molar-refractivity contribution is 0.100. The lowest BCUT2D eigenvalue weighted by atomic mass is 10.2. The van der Waals surface area contributed by atoms with Crippen LogP contribution in [0.2, 0.25) is 0 Å². The van der Waals surface area contributed by atoms with E-state index in [1.807, 2.05) is 35.7 Å². The summed E-state index contributed by atoms with van der Waals surface area (Å²) in [6.45, 7) is 0. The molecule has 2 rings (SSSR count). The number of rotatable bonds is 2. The normalized spacial score (nSPS) is 17.3. The monoisotopic (exact) mass is 268 g/mol. The Morgan fingerprint density at radius 1 is 1.12 bits per heavy atom. The first-order valence-electron chi connectivity index (χ1n) is 5.57. The van der Waals surface area contributed by atoms with Crippen LogP contribution >= 0.6 is 23.5 Å². The quantitative estimate of drug-likeness (QED) is 0.894. The molecule has 3 nitrogen and oxygen atoms in total. The molecule has 0 atom stereocenters. The Balaban J connectivity index is 2.06. The number of hydrogen-bond acceptors (Lipinski definition) is 4. The number of nitrogens with zero attached hydrogens (tertiary/aromatic N) is 1. The number of amides is 1. The molecule has 1 heterocycles. The van der Waals surface area contributed by atoms with Crippen LogP contribution in [-0.2, 0) is 0 Å². The van der Waals surface area contributed by atoms with Gasteiger partial charge in [-0.3, -0.25) is 4.79 Å². The third-order valence-corrected chi connectivity index (χ3v) is 4.73. The Morgan fingerprint density at radius 3 is 2.24 bits per heavy atom. The molecule has 0 bridgehead atoms. The Morgan fingerprint density at radius 2 is 1.71 bits per heavy atom. The maximum atomic E-state index is 11.0. The molecule has 5 heteroatoms. The molecular formula is C12H16N2OS2. The Kier molecular flexibility index (Phi) is 4.62. The Bertz CT molecular complexity index is 373. The van der Waals surface area contributed by atoms with E-state index in [2.05, 4.69) is 4.90 Å². The number of anilines is 1. The van der Waals surface area contributed by atoms with Crippen LogP contribution in [0.25, 0.3) is 0 Å². The van der Waals surface area contributed by atoms with Crippen LogP contribution in [-0.4, -0.2) is 29.2 Å².